The van der Waals surface area contributed by atoms with Crippen LogP contribution in [0.4, 0.5) is 23.2 Å². The monoisotopic (exact) mass is 520 g/mol. The van der Waals surface area contributed by atoms with Crippen LogP contribution in [-0.4, -0.2) is 29.1 Å². The van der Waals surface area contributed by atoms with E-state index in [1.165, 1.54) is 31.3 Å². The number of alkyl halides is 3. The van der Waals surface area contributed by atoms with E-state index < -0.39 is 29.0 Å². The molecule has 0 aliphatic carbocycles. The predicted octanol–water partition coefficient (Wildman–Crippen LogP) is 7.36. The van der Waals surface area contributed by atoms with E-state index in [9.17, 15) is 22.4 Å². The van der Waals surface area contributed by atoms with Gasteiger partial charge in [0, 0.05) is 30.7 Å². The molecule has 0 spiro atoms. The van der Waals surface area contributed by atoms with Crippen molar-refractivity contribution in [2.75, 3.05) is 11.9 Å². The van der Waals surface area contributed by atoms with Crippen LogP contribution in [0.1, 0.15) is 34.2 Å². The number of aliphatic imine (C=N–C) groups is 1. The van der Waals surface area contributed by atoms with Gasteiger partial charge >= 0.3 is 6.18 Å². The quantitative estimate of drug-likeness (QED) is 0.152. The third kappa shape index (κ3) is 5.13. The summed E-state index contributed by atoms with van der Waals surface area (Å²) in [6, 6.07) is 11.9. The van der Waals surface area contributed by atoms with Crippen molar-refractivity contribution >= 4 is 29.5 Å². The first-order valence-electron chi connectivity index (χ1n) is 11.6. The maximum atomic E-state index is 13.9. The molecule has 0 N–H and O–H groups in total. The maximum Gasteiger partial charge on any atom is 0.417 e. The Labute approximate surface area is 217 Å². The zero-order chi connectivity index (χ0) is 27.6. The van der Waals surface area contributed by atoms with Gasteiger partial charge in [-0.3, -0.25) is 14.2 Å². The smallest absolute Gasteiger partial charge is 0.311 e. The van der Waals surface area contributed by atoms with Crippen molar-refractivity contribution in [2.24, 2.45) is 4.99 Å². The second-order valence-corrected chi connectivity index (χ2v) is 8.63. The van der Waals surface area contributed by atoms with Crippen LogP contribution < -0.4 is 4.90 Å². The molecule has 0 saturated heterocycles. The first kappa shape index (κ1) is 26.5. The molecule has 0 aliphatic rings. The number of fused-ring (bicyclic) bond motifs is 1. The van der Waals surface area contributed by atoms with Crippen LogP contribution in [0.15, 0.2) is 84.1 Å². The number of halogens is 4. The first-order chi connectivity index (χ1) is 18.0. The lowest BCUT2D eigenvalue weighted by atomic mass is 9.98. The van der Waals surface area contributed by atoms with Gasteiger partial charge in [-0.25, -0.2) is 9.37 Å². The third-order valence-corrected chi connectivity index (χ3v) is 6.12. The van der Waals surface area contributed by atoms with Crippen LogP contribution in [0.25, 0.3) is 22.3 Å². The number of hydrogen-bond acceptors (Lipinski definition) is 3. The highest BCUT2D eigenvalue weighted by molar-refractivity contribution is 6.07. The van der Waals surface area contributed by atoms with E-state index in [-0.39, 0.29) is 5.69 Å². The average molecular weight is 521 g/mol. The Morgan fingerprint density at radius 1 is 1.13 bits per heavy atom. The molecule has 194 valence electrons. The zero-order valence-electron chi connectivity index (χ0n) is 20.9. The van der Waals surface area contributed by atoms with Gasteiger partial charge in [0.15, 0.2) is 0 Å². The second kappa shape index (κ2) is 10.5. The number of amides is 1. The Morgan fingerprint density at radius 2 is 1.84 bits per heavy atom. The van der Waals surface area contributed by atoms with Gasteiger partial charge in [-0.05, 0) is 86.3 Å². The third-order valence-electron chi connectivity index (χ3n) is 6.12. The largest absolute Gasteiger partial charge is 0.417 e. The molecule has 4 aromatic rings. The van der Waals surface area contributed by atoms with Crippen molar-refractivity contribution in [3.8, 4) is 11.1 Å². The molecule has 0 atom stereocenters. The molecule has 1 amide bonds. The molecule has 4 rings (SSSR count). The molecule has 0 saturated carbocycles. The van der Waals surface area contributed by atoms with Crippen molar-refractivity contribution in [2.45, 2.75) is 20.0 Å². The summed E-state index contributed by atoms with van der Waals surface area (Å²) in [5, 5.41) is 0. The van der Waals surface area contributed by atoms with E-state index in [4.69, 9.17) is 0 Å². The molecule has 2 aromatic carbocycles. The molecule has 0 aliphatic heterocycles. The van der Waals surface area contributed by atoms with E-state index in [1.807, 2.05) is 30.5 Å². The minimum atomic E-state index is -4.76. The summed E-state index contributed by atoms with van der Waals surface area (Å²) in [4.78, 5) is 22.7. The summed E-state index contributed by atoms with van der Waals surface area (Å²) in [6.45, 7) is 7.17. The molecule has 0 fully saturated rings. The topological polar surface area (TPSA) is 50.0 Å². The number of allylic oxidation sites excluding steroid dienone is 3. The van der Waals surface area contributed by atoms with Crippen molar-refractivity contribution in [3.63, 3.8) is 0 Å². The SMILES string of the molecule is C=N/C=C\C=C(/C)c1c(C)nc2c(-c3ccc(C(F)(F)F)c(C(=O)N(C)c4ccc(F)cc4)c3)cccn12. The lowest BCUT2D eigenvalue weighted by molar-refractivity contribution is -0.137. The van der Waals surface area contributed by atoms with Crippen LogP contribution in [0.5, 0.6) is 0 Å². The fourth-order valence-corrected chi connectivity index (χ4v) is 4.31. The van der Waals surface area contributed by atoms with Crippen LogP contribution in [0.3, 0.4) is 0 Å². The summed E-state index contributed by atoms with van der Waals surface area (Å²) in [5.41, 5.74) is 2.62. The number of aromatic nitrogens is 2. The Kier molecular flexibility index (Phi) is 7.30. The van der Waals surface area contributed by atoms with Gasteiger partial charge in [-0.2, -0.15) is 13.2 Å². The van der Waals surface area contributed by atoms with Crippen LogP contribution >= 0.6 is 0 Å². The van der Waals surface area contributed by atoms with Gasteiger partial charge in [-0.1, -0.05) is 12.1 Å². The molecule has 5 nitrogen and oxygen atoms in total. The zero-order valence-corrected chi connectivity index (χ0v) is 20.9. The first-order valence-corrected chi connectivity index (χ1v) is 11.6. The summed E-state index contributed by atoms with van der Waals surface area (Å²) in [5.74, 6) is -1.40. The molecular weight excluding hydrogens is 496 g/mol. The number of aryl methyl sites for hydroxylation is 1. The fraction of sp³-hybridized carbons (Fsp3) is 0.138. The van der Waals surface area contributed by atoms with Crippen LogP contribution in [-0.2, 0) is 6.18 Å². The second-order valence-electron chi connectivity index (χ2n) is 8.63. The number of rotatable bonds is 6. The number of carbonyl (C=O) groups is 1. The van der Waals surface area contributed by atoms with Gasteiger partial charge in [0.1, 0.15) is 11.5 Å². The molecular formula is C29H24F4N4O. The number of imidazole rings is 1. The fourth-order valence-electron chi connectivity index (χ4n) is 4.31. The van der Waals surface area contributed by atoms with Crippen molar-refractivity contribution in [1.29, 1.82) is 0 Å². The van der Waals surface area contributed by atoms with E-state index in [1.54, 1.807) is 24.4 Å². The lowest BCUT2D eigenvalue weighted by Gasteiger charge is -2.21. The van der Waals surface area contributed by atoms with Gasteiger partial charge in [-0.15, -0.1) is 0 Å². The van der Waals surface area contributed by atoms with Crippen LogP contribution in [0.2, 0.25) is 0 Å². The molecule has 2 heterocycles. The van der Waals surface area contributed by atoms with E-state index in [0.717, 1.165) is 40.1 Å². The van der Waals surface area contributed by atoms with Gasteiger partial charge in [0.05, 0.1) is 22.5 Å². The minimum absolute atomic E-state index is 0.258. The van der Waals surface area contributed by atoms with E-state index in [2.05, 4.69) is 16.7 Å². The Hall–Kier alpha value is -4.53. The summed E-state index contributed by atoms with van der Waals surface area (Å²) >= 11 is 0. The molecule has 0 bridgehead atoms. The summed E-state index contributed by atoms with van der Waals surface area (Å²) in [7, 11) is 1.35. The minimum Gasteiger partial charge on any atom is -0.311 e. The summed E-state index contributed by atoms with van der Waals surface area (Å²) < 4.78 is 57.0. The molecule has 9 heteroatoms. The Bertz CT molecular complexity index is 1580. The van der Waals surface area contributed by atoms with E-state index in [0.29, 0.717) is 16.8 Å². The number of carbonyl (C=O) groups excluding carboxylic acids is 1. The average Bonchev–Trinajstić information content (AvgIpc) is 3.23. The van der Waals surface area contributed by atoms with Crippen LogP contribution in [0, 0.1) is 12.7 Å². The summed E-state index contributed by atoms with van der Waals surface area (Å²) in [6.07, 6.45) is 2.22. The lowest BCUT2D eigenvalue weighted by Crippen LogP contribution is -2.28. The number of hydrogen-bond donors (Lipinski definition) is 0. The highest BCUT2D eigenvalue weighted by atomic mass is 19.4. The highest BCUT2D eigenvalue weighted by Crippen LogP contribution is 2.37. The molecule has 38 heavy (non-hydrogen) atoms. The Balaban J connectivity index is 1.86. The number of benzene rings is 2. The molecule has 0 radical (unpaired) electrons. The van der Waals surface area contributed by atoms with E-state index >= 15 is 0 Å². The van der Waals surface area contributed by atoms with Crippen molar-refractivity contribution < 1.29 is 22.4 Å². The van der Waals surface area contributed by atoms with Crippen molar-refractivity contribution in [1.82, 2.24) is 9.38 Å². The molecule has 2 aromatic heterocycles. The number of pyridine rings is 1. The maximum absolute atomic E-state index is 13.9. The van der Waals surface area contributed by atoms with Gasteiger partial charge in [0.2, 0.25) is 0 Å². The van der Waals surface area contributed by atoms with Crippen molar-refractivity contribution in [3.05, 3.63) is 107 Å². The van der Waals surface area contributed by atoms with Gasteiger partial charge < -0.3 is 4.90 Å². The number of nitrogens with zero attached hydrogens (tertiary/aromatic N) is 4. The van der Waals surface area contributed by atoms with Gasteiger partial charge in [0.25, 0.3) is 5.91 Å². The number of anilines is 1. The molecule has 0 unspecified atom stereocenters. The standard InChI is InChI=1S/C29H24F4N4O/c1-18(7-5-15-34-3)26-19(2)35-27-23(8-6-16-37(26)27)20-9-14-25(29(31,32)33)24(17-20)28(38)36(4)22-12-10-21(30)11-13-22/h5-17H,3H2,1-2,4H3/b15-5-,18-7+. The predicted molar refractivity (Wildman–Crippen MR) is 142 cm³/mol. The highest BCUT2D eigenvalue weighted by Gasteiger charge is 2.36. The normalized spacial score (nSPS) is 12.3. The Morgan fingerprint density at radius 3 is 2.50 bits per heavy atom.